The topological polar surface area (TPSA) is 125 Å². The average Bonchev–Trinajstić information content (AvgIpc) is 3.40. The molecule has 2 aliphatic carbocycles. The lowest BCUT2D eigenvalue weighted by Crippen LogP contribution is -2.44. The van der Waals surface area contributed by atoms with E-state index in [1.807, 2.05) is 24.3 Å². The van der Waals surface area contributed by atoms with E-state index >= 15 is 0 Å². The summed E-state index contributed by atoms with van der Waals surface area (Å²) in [7, 11) is 0. The minimum atomic E-state index is -1.18. The molecule has 8 heteroatoms. The van der Waals surface area contributed by atoms with Crippen LogP contribution in [0.4, 0.5) is 4.79 Å². The van der Waals surface area contributed by atoms with E-state index in [4.69, 9.17) is 14.9 Å². The van der Waals surface area contributed by atoms with Crippen molar-refractivity contribution in [3.8, 4) is 11.1 Å². The summed E-state index contributed by atoms with van der Waals surface area (Å²) >= 11 is 0. The normalized spacial score (nSPS) is 19.9. The molecule has 2 aliphatic rings. The Balaban J connectivity index is 1.29. The number of benzene rings is 2. The summed E-state index contributed by atoms with van der Waals surface area (Å²) in [5.74, 6) is -1.95. The third-order valence-electron chi connectivity index (χ3n) is 6.50. The number of aliphatic hydroxyl groups is 1. The van der Waals surface area contributed by atoms with Gasteiger partial charge < -0.3 is 25.6 Å². The Bertz CT molecular complexity index is 994. The predicted octanol–water partition coefficient (Wildman–Crippen LogP) is 2.65. The first-order chi connectivity index (χ1) is 16.0. The zero-order chi connectivity index (χ0) is 23.4. The first-order valence-electron chi connectivity index (χ1n) is 11.2. The Morgan fingerprint density at radius 3 is 2.24 bits per heavy atom. The maximum atomic E-state index is 12.5. The molecule has 4 rings (SSSR count). The lowest BCUT2D eigenvalue weighted by atomic mass is 9.98. The quantitative estimate of drug-likeness (QED) is 0.488. The number of carbonyl (C=O) groups is 3. The number of hydrogen-bond acceptors (Lipinski definition) is 5. The number of aliphatic carboxylic acids is 1. The molecule has 0 saturated heterocycles. The van der Waals surface area contributed by atoms with Gasteiger partial charge in [-0.1, -0.05) is 48.5 Å². The van der Waals surface area contributed by atoms with Crippen molar-refractivity contribution in [2.24, 2.45) is 5.92 Å². The third-order valence-corrected chi connectivity index (χ3v) is 6.50. The van der Waals surface area contributed by atoms with E-state index in [-0.39, 0.29) is 43.4 Å². The molecule has 2 aromatic rings. The molecule has 33 heavy (non-hydrogen) atoms. The van der Waals surface area contributed by atoms with Gasteiger partial charge in [-0.05, 0) is 41.5 Å². The van der Waals surface area contributed by atoms with Crippen LogP contribution >= 0.6 is 0 Å². The summed E-state index contributed by atoms with van der Waals surface area (Å²) in [5, 5.41) is 23.4. The van der Waals surface area contributed by atoms with Crippen LogP contribution < -0.4 is 10.6 Å². The standard InChI is InChI=1S/C25H28N2O6/c28-12-11-22(24(30)31)27-23(29)15-9-10-16(13-15)26-25(32)33-14-21-19-7-3-1-5-17(19)18-6-2-4-8-20(18)21/h1-8,15-16,21-22,28H,9-14H2,(H,26,32)(H,27,29)(H,30,31). The molecule has 2 amide bonds. The van der Waals surface area contributed by atoms with E-state index in [1.165, 1.54) is 0 Å². The van der Waals surface area contributed by atoms with E-state index in [2.05, 4.69) is 34.9 Å². The van der Waals surface area contributed by atoms with Gasteiger partial charge in [0.2, 0.25) is 5.91 Å². The predicted molar refractivity (Wildman–Crippen MR) is 121 cm³/mol. The molecule has 2 aromatic carbocycles. The highest BCUT2D eigenvalue weighted by Crippen LogP contribution is 2.44. The van der Waals surface area contributed by atoms with Crippen molar-refractivity contribution in [1.29, 1.82) is 0 Å². The van der Waals surface area contributed by atoms with Crippen LogP contribution in [-0.2, 0) is 14.3 Å². The molecule has 0 bridgehead atoms. The third kappa shape index (κ3) is 5.01. The van der Waals surface area contributed by atoms with Crippen LogP contribution in [0.25, 0.3) is 11.1 Å². The Morgan fingerprint density at radius 2 is 1.64 bits per heavy atom. The number of rotatable bonds is 8. The van der Waals surface area contributed by atoms with Gasteiger partial charge >= 0.3 is 12.1 Å². The van der Waals surface area contributed by atoms with E-state index in [1.54, 1.807) is 0 Å². The van der Waals surface area contributed by atoms with Crippen molar-refractivity contribution < 1.29 is 29.3 Å². The van der Waals surface area contributed by atoms with Crippen molar-refractivity contribution in [2.75, 3.05) is 13.2 Å². The zero-order valence-electron chi connectivity index (χ0n) is 18.2. The highest BCUT2D eigenvalue weighted by Gasteiger charge is 2.34. The van der Waals surface area contributed by atoms with Crippen LogP contribution in [0.15, 0.2) is 48.5 Å². The van der Waals surface area contributed by atoms with Crippen LogP contribution in [0.2, 0.25) is 0 Å². The van der Waals surface area contributed by atoms with Crippen molar-refractivity contribution in [3.05, 3.63) is 59.7 Å². The van der Waals surface area contributed by atoms with Gasteiger partial charge in [0.25, 0.3) is 0 Å². The number of amides is 2. The molecule has 1 fully saturated rings. The number of hydrogen-bond donors (Lipinski definition) is 4. The lowest BCUT2D eigenvalue weighted by Gasteiger charge is -2.18. The molecule has 1 saturated carbocycles. The van der Waals surface area contributed by atoms with E-state index in [9.17, 15) is 14.4 Å². The maximum absolute atomic E-state index is 12.5. The minimum absolute atomic E-state index is 0.0234. The summed E-state index contributed by atoms with van der Waals surface area (Å²) in [5.41, 5.74) is 4.60. The highest BCUT2D eigenvalue weighted by molar-refractivity contribution is 5.85. The Morgan fingerprint density at radius 1 is 1.00 bits per heavy atom. The van der Waals surface area contributed by atoms with Gasteiger partial charge in [0.05, 0.1) is 0 Å². The molecule has 8 nitrogen and oxygen atoms in total. The monoisotopic (exact) mass is 452 g/mol. The number of carboxylic acids is 1. The van der Waals surface area contributed by atoms with Crippen LogP contribution in [0.3, 0.4) is 0 Å². The first kappa shape index (κ1) is 22.8. The average molecular weight is 453 g/mol. The van der Waals surface area contributed by atoms with E-state index < -0.39 is 18.1 Å². The molecular weight excluding hydrogens is 424 g/mol. The van der Waals surface area contributed by atoms with Gasteiger partial charge in [-0.15, -0.1) is 0 Å². The molecular formula is C25H28N2O6. The summed E-state index contributed by atoms with van der Waals surface area (Å²) in [6.45, 7) is -0.105. The molecule has 0 aromatic heterocycles. The Labute approximate surface area is 192 Å². The molecule has 3 unspecified atom stereocenters. The summed E-state index contributed by atoms with van der Waals surface area (Å²) in [6.07, 6.45) is 1.01. The van der Waals surface area contributed by atoms with Crippen LogP contribution in [0.5, 0.6) is 0 Å². The second-order valence-electron chi connectivity index (χ2n) is 8.59. The zero-order valence-corrected chi connectivity index (χ0v) is 18.2. The van der Waals surface area contributed by atoms with Crippen molar-refractivity contribution >= 4 is 18.0 Å². The van der Waals surface area contributed by atoms with Gasteiger partial charge in [0.1, 0.15) is 12.6 Å². The largest absolute Gasteiger partial charge is 0.480 e. The summed E-state index contributed by atoms with van der Waals surface area (Å²) in [4.78, 5) is 36.1. The van der Waals surface area contributed by atoms with E-state index in [0.29, 0.717) is 19.3 Å². The SMILES string of the molecule is O=C(NC1CCC(C(=O)NC(CCO)C(=O)O)C1)OCC1c2ccccc2-c2ccccc21. The molecule has 4 N–H and O–H groups in total. The number of aliphatic hydroxyl groups excluding tert-OH is 1. The number of nitrogens with one attached hydrogen (secondary N) is 2. The highest BCUT2D eigenvalue weighted by atomic mass is 16.5. The lowest BCUT2D eigenvalue weighted by molar-refractivity contribution is -0.142. The minimum Gasteiger partial charge on any atom is -0.480 e. The number of ether oxygens (including phenoxy) is 1. The Hall–Kier alpha value is -3.39. The van der Waals surface area contributed by atoms with Gasteiger partial charge in [-0.3, -0.25) is 4.79 Å². The van der Waals surface area contributed by atoms with Gasteiger partial charge in [-0.25, -0.2) is 9.59 Å². The van der Waals surface area contributed by atoms with Crippen molar-refractivity contribution in [2.45, 2.75) is 43.7 Å². The van der Waals surface area contributed by atoms with Crippen LogP contribution in [-0.4, -0.2) is 53.5 Å². The van der Waals surface area contributed by atoms with Gasteiger partial charge in [-0.2, -0.15) is 0 Å². The number of fused-ring (bicyclic) bond motifs is 3. The summed E-state index contributed by atoms with van der Waals surface area (Å²) < 4.78 is 5.57. The molecule has 0 aliphatic heterocycles. The number of alkyl carbamates (subject to hydrolysis) is 1. The molecule has 3 atom stereocenters. The number of carboxylic acid groups (broad SMARTS) is 1. The molecule has 0 spiro atoms. The second kappa shape index (κ2) is 10.0. The fourth-order valence-electron chi connectivity index (χ4n) is 4.83. The molecule has 174 valence electrons. The van der Waals surface area contributed by atoms with E-state index in [0.717, 1.165) is 22.3 Å². The van der Waals surface area contributed by atoms with Gasteiger partial charge in [0, 0.05) is 30.9 Å². The Kier molecular flexibility index (Phi) is 6.93. The van der Waals surface area contributed by atoms with Crippen LogP contribution in [0.1, 0.15) is 42.7 Å². The summed E-state index contributed by atoms with van der Waals surface area (Å²) in [6, 6.07) is 14.9. The van der Waals surface area contributed by atoms with Crippen LogP contribution in [0, 0.1) is 5.92 Å². The van der Waals surface area contributed by atoms with Crippen molar-refractivity contribution in [1.82, 2.24) is 10.6 Å². The molecule has 0 radical (unpaired) electrons. The fraction of sp³-hybridized carbons (Fsp3) is 0.400. The molecule has 0 heterocycles. The second-order valence-corrected chi connectivity index (χ2v) is 8.59. The maximum Gasteiger partial charge on any atom is 0.407 e. The van der Waals surface area contributed by atoms with Gasteiger partial charge in [0.15, 0.2) is 0 Å². The smallest absolute Gasteiger partial charge is 0.407 e. The number of carbonyl (C=O) groups excluding carboxylic acids is 2. The first-order valence-corrected chi connectivity index (χ1v) is 11.2. The van der Waals surface area contributed by atoms with Crippen molar-refractivity contribution in [3.63, 3.8) is 0 Å². The fourth-order valence-corrected chi connectivity index (χ4v) is 4.83.